The summed E-state index contributed by atoms with van der Waals surface area (Å²) in [5, 5.41) is 8.01. The summed E-state index contributed by atoms with van der Waals surface area (Å²) >= 11 is 0. The fourth-order valence-electron chi connectivity index (χ4n) is 3.56. The summed E-state index contributed by atoms with van der Waals surface area (Å²) in [4.78, 5) is 13.3. The van der Waals surface area contributed by atoms with Crippen LogP contribution in [-0.2, 0) is 4.79 Å². The Morgan fingerprint density at radius 2 is 1.96 bits per heavy atom. The average molecular weight is 309 g/mol. The van der Waals surface area contributed by atoms with Gasteiger partial charge in [-0.05, 0) is 41.8 Å². The van der Waals surface area contributed by atoms with Crippen molar-refractivity contribution in [2.45, 2.75) is 18.4 Å². The first-order valence-corrected chi connectivity index (χ1v) is 7.66. The summed E-state index contributed by atoms with van der Waals surface area (Å²) in [6.07, 6.45) is 3.57. The van der Waals surface area contributed by atoms with Crippen LogP contribution in [0.3, 0.4) is 0 Å². The lowest BCUT2D eigenvalue weighted by atomic mass is 9.87. The Morgan fingerprint density at radius 1 is 1.17 bits per heavy atom. The molecule has 1 aromatic heterocycles. The quantitative estimate of drug-likeness (QED) is 0.754. The van der Waals surface area contributed by atoms with Gasteiger partial charge in [0.15, 0.2) is 0 Å². The van der Waals surface area contributed by atoms with Gasteiger partial charge in [0.05, 0.1) is 17.8 Å². The van der Waals surface area contributed by atoms with Crippen LogP contribution in [0.5, 0.6) is 0 Å². The fraction of sp³-hybridized carbons (Fsp3) is 0.222. The van der Waals surface area contributed by atoms with Crippen molar-refractivity contribution in [3.63, 3.8) is 0 Å². The maximum absolute atomic E-state index is 13.2. The van der Waals surface area contributed by atoms with Crippen molar-refractivity contribution >= 4 is 17.3 Å². The van der Waals surface area contributed by atoms with Crippen molar-refractivity contribution in [2.24, 2.45) is 0 Å². The lowest BCUT2D eigenvalue weighted by molar-refractivity contribution is -0.119. The molecule has 0 radical (unpaired) electrons. The molecular weight excluding hydrogens is 293 g/mol. The number of halogens is 1. The topological polar surface area (TPSA) is 49.0 Å². The van der Waals surface area contributed by atoms with E-state index in [4.69, 9.17) is 0 Å². The van der Waals surface area contributed by atoms with Gasteiger partial charge in [0.1, 0.15) is 5.82 Å². The number of benzene rings is 2. The van der Waals surface area contributed by atoms with Gasteiger partial charge >= 0.3 is 0 Å². The third kappa shape index (κ3) is 2.38. The van der Waals surface area contributed by atoms with E-state index in [1.165, 1.54) is 12.1 Å². The first kappa shape index (κ1) is 13.9. The monoisotopic (exact) mass is 309 g/mol. The van der Waals surface area contributed by atoms with E-state index in [-0.39, 0.29) is 17.8 Å². The molecule has 1 fully saturated rings. The minimum atomic E-state index is -0.240. The van der Waals surface area contributed by atoms with Crippen molar-refractivity contribution in [1.82, 2.24) is 15.1 Å². The molecule has 5 heteroatoms. The number of rotatable bonds is 3. The Balaban J connectivity index is 1.77. The summed E-state index contributed by atoms with van der Waals surface area (Å²) in [5.41, 5.74) is 3.12. The third-order valence-corrected chi connectivity index (χ3v) is 4.68. The standard InChI is InChI=1S/C18H16FN3O/c19-15-4-1-12(2-5-15)16-7-8-22(11-23)18(16)13-3-6-17-14(9-13)10-20-21-17/h1-6,9-11,16,18H,7-8H2,(H,20,21). The molecule has 4 nitrogen and oxygen atoms in total. The summed E-state index contributed by atoms with van der Waals surface area (Å²) < 4.78 is 13.2. The number of aromatic nitrogens is 2. The van der Waals surface area contributed by atoms with Gasteiger partial charge in [-0.2, -0.15) is 5.10 Å². The molecule has 2 aromatic carbocycles. The van der Waals surface area contributed by atoms with Crippen LogP contribution in [-0.4, -0.2) is 28.1 Å². The van der Waals surface area contributed by atoms with Crippen molar-refractivity contribution in [2.75, 3.05) is 6.54 Å². The minimum absolute atomic E-state index is 0.0303. The third-order valence-electron chi connectivity index (χ3n) is 4.68. The van der Waals surface area contributed by atoms with E-state index in [0.717, 1.165) is 34.9 Å². The molecule has 0 saturated carbocycles. The van der Waals surface area contributed by atoms with Crippen LogP contribution in [0.4, 0.5) is 4.39 Å². The zero-order chi connectivity index (χ0) is 15.8. The van der Waals surface area contributed by atoms with Gasteiger partial charge in [0.25, 0.3) is 0 Å². The van der Waals surface area contributed by atoms with Gasteiger partial charge in [-0.3, -0.25) is 9.89 Å². The van der Waals surface area contributed by atoms with E-state index in [9.17, 15) is 9.18 Å². The van der Waals surface area contributed by atoms with E-state index < -0.39 is 0 Å². The van der Waals surface area contributed by atoms with Crippen LogP contribution in [0.1, 0.15) is 29.5 Å². The van der Waals surface area contributed by atoms with Crippen LogP contribution in [0.15, 0.2) is 48.7 Å². The van der Waals surface area contributed by atoms with E-state index in [2.05, 4.69) is 16.3 Å². The molecule has 0 aliphatic carbocycles. The van der Waals surface area contributed by atoms with Crippen LogP contribution < -0.4 is 0 Å². The Labute approximate surface area is 132 Å². The van der Waals surface area contributed by atoms with E-state index >= 15 is 0 Å². The lowest BCUT2D eigenvalue weighted by Gasteiger charge is -2.26. The van der Waals surface area contributed by atoms with Gasteiger partial charge in [0, 0.05) is 17.8 Å². The second-order valence-corrected chi connectivity index (χ2v) is 5.95. The SMILES string of the molecule is O=CN1CCC(c2ccc(F)cc2)C1c1ccc2[nH]ncc2c1. The second kappa shape index (κ2) is 5.50. The molecule has 23 heavy (non-hydrogen) atoms. The van der Waals surface area contributed by atoms with Gasteiger partial charge in [-0.15, -0.1) is 0 Å². The predicted octanol–water partition coefficient (Wildman–Crippen LogP) is 3.39. The number of nitrogens with zero attached hydrogens (tertiary/aromatic N) is 2. The van der Waals surface area contributed by atoms with Crippen molar-refractivity contribution < 1.29 is 9.18 Å². The fourth-order valence-corrected chi connectivity index (χ4v) is 3.56. The number of likely N-dealkylation sites (tertiary alicyclic amines) is 1. The van der Waals surface area contributed by atoms with Crippen molar-refractivity contribution in [3.8, 4) is 0 Å². The Hall–Kier alpha value is -2.69. The van der Waals surface area contributed by atoms with Gasteiger partial charge in [-0.1, -0.05) is 18.2 Å². The highest BCUT2D eigenvalue weighted by Crippen LogP contribution is 2.43. The zero-order valence-electron chi connectivity index (χ0n) is 12.4. The summed E-state index contributed by atoms with van der Waals surface area (Å²) in [6, 6.07) is 12.7. The van der Waals surface area contributed by atoms with Crippen LogP contribution >= 0.6 is 0 Å². The summed E-state index contributed by atoms with van der Waals surface area (Å²) in [6.45, 7) is 0.708. The highest BCUT2D eigenvalue weighted by Gasteiger charge is 2.35. The Bertz CT molecular complexity index is 843. The molecule has 1 N–H and O–H groups in total. The van der Waals surface area contributed by atoms with E-state index in [0.29, 0.717) is 6.54 Å². The lowest BCUT2D eigenvalue weighted by Crippen LogP contribution is -2.23. The first-order chi connectivity index (χ1) is 11.3. The predicted molar refractivity (Wildman–Crippen MR) is 85.4 cm³/mol. The van der Waals surface area contributed by atoms with Crippen LogP contribution in [0.25, 0.3) is 10.9 Å². The number of H-pyrrole nitrogens is 1. The Morgan fingerprint density at radius 3 is 2.74 bits per heavy atom. The second-order valence-electron chi connectivity index (χ2n) is 5.95. The number of amides is 1. The minimum Gasteiger partial charge on any atom is -0.338 e. The number of hydrogen-bond acceptors (Lipinski definition) is 2. The average Bonchev–Trinajstić information content (AvgIpc) is 3.21. The molecule has 0 bridgehead atoms. The normalized spacial score (nSPS) is 21.0. The molecule has 2 atom stereocenters. The highest BCUT2D eigenvalue weighted by molar-refractivity contribution is 5.78. The molecule has 4 rings (SSSR count). The molecule has 1 amide bonds. The molecule has 2 unspecified atom stereocenters. The molecule has 1 aliphatic heterocycles. The van der Waals surface area contributed by atoms with E-state index in [1.54, 1.807) is 6.20 Å². The van der Waals surface area contributed by atoms with E-state index in [1.807, 2.05) is 29.2 Å². The molecular formula is C18H16FN3O. The van der Waals surface area contributed by atoms with Crippen molar-refractivity contribution in [1.29, 1.82) is 0 Å². The molecule has 0 spiro atoms. The molecule has 3 aromatic rings. The van der Waals surface area contributed by atoms with Crippen molar-refractivity contribution in [3.05, 3.63) is 65.6 Å². The van der Waals surface area contributed by atoms with Gasteiger partial charge < -0.3 is 4.90 Å². The smallest absolute Gasteiger partial charge is 0.210 e. The molecule has 116 valence electrons. The summed E-state index contributed by atoms with van der Waals surface area (Å²) in [7, 11) is 0. The number of aromatic amines is 1. The zero-order valence-corrected chi connectivity index (χ0v) is 12.4. The molecule has 1 aliphatic rings. The molecule has 1 saturated heterocycles. The number of carbonyl (C=O) groups is 1. The number of hydrogen-bond donors (Lipinski definition) is 1. The molecule has 2 heterocycles. The number of nitrogens with one attached hydrogen (secondary N) is 1. The number of carbonyl (C=O) groups excluding carboxylic acids is 1. The summed E-state index contributed by atoms with van der Waals surface area (Å²) in [5.74, 6) is -0.0690. The first-order valence-electron chi connectivity index (χ1n) is 7.66. The maximum Gasteiger partial charge on any atom is 0.210 e. The Kier molecular flexibility index (Phi) is 3.33. The largest absolute Gasteiger partial charge is 0.338 e. The number of fused-ring (bicyclic) bond motifs is 1. The van der Waals surface area contributed by atoms with Gasteiger partial charge in [0.2, 0.25) is 6.41 Å². The van der Waals surface area contributed by atoms with Gasteiger partial charge in [-0.25, -0.2) is 4.39 Å². The highest BCUT2D eigenvalue weighted by atomic mass is 19.1. The van der Waals surface area contributed by atoms with Crippen LogP contribution in [0, 0.1) is 5.82 Å². The maximum atomic E-state index is 13.2. The van der Waals surface area contributed by atoms with Crippen LogP contribution in [0.2, 0.25) is 0 Å².